The normalized spacial score (nSPS) is 12.5. The van der Waals surface area contributed by atoms with Crippen molar-refractivity contribution < 1.29 is 9.21 Å². The highest BCUT2D eigenvalue weighted by molar-refractivity contribution is 5.80. The van der Waals surface area contributed by atoms with Gasteiger partial charge < -0.3 is 20.0 Å². The van der Waals surface area contributed by atoms with Crippen LogP contribution >= 0.6 is 0 Å². The molecule has 1 heterocycles. The van der Waals surface area contributed by atoms with Crippen LogP contribution in [0.4, 0.5) is 6.01 Å². The first-order valence-corrected chi connectivity index (χ1v) is 7.48. The number of anilines is 1. The van der Waals surface area contributed by atoms with E-state index < -0.39 is 0 Å². The van der Waals surface area contributed by atoms with Crippen LogP contribution in [0, 0.1) is 5.92 Å². The first-order valence-electron chi connectivity index (χ1n) is 7.48. The van der Waals surface area contributed by atoms with Crippen molar-refractivity contribution in [3.05, 3.63) is 5.89 Å². The molecule has 0 saturated heterocycles. The summed E-state index contributed by atoms with van der Waals surface area (Å²) in [4.78, 5) is 13.4. The summed E-state index contributed by atoms with van der Waals surface area (Å²) in [5.74, 6) is 0.913. The van der Waals surface area contributed by atoms with Gasteiger partial charge in [0.1, 0.15) is 6.54 Å². The molecular weight excluding hydrogens is 270 g/mol. The van der Waals surface area contributed by atoms with Crippen molar-refractivity contribution in [2.45, 2.75) is 40.2 Å². The van der Waals surface area contributed by atoms with Crippen molar-refractivity contribution in [2.24, 2.45) is 5.92 Å². The molecule has 0 aliphatic heterocycles. The number of carbonyl (C=O) groups excluding carboxylic acids is 1. The molecule has 7 nitrogen and oxygen atoms in total. The lowest BCUT2D eigenvalue weighted by atomic mass is 10.2. The van der Waals surface area contributed by atoms with Gasteiger partial charge in [-0.2, -0.15) is 0 Å². The Balaban J connectivity index is 2.49. The van der Waals surface area contributed by atoms with Gasteiger partial charge in [-0.3, -0.25) is 4.79 Å². The van der Waals surface area contributed by atoms with Crippen LogP contribution < -0.4 is 15.5 Å². The fourth-order valence-electron chi connectivity index (χ4n) is 1.66. The van der Waals surface area contributed by atoms with E-state index in [4.69, 9.17) is 4.42 Å². The molecule has 21 heavy (non-hydrogen) atoms. The second kappa shape index (κ2) is 8.61. The zero-order valence-electron chi connectivity index (χ0n) is 13.6. The molecule has 1 unspecified atom stereocenters. The van der Waals surface area contributed by atoms with E-state index in [0.717, 1.165) is 13.0 Å². The highest BCUT2D eigenvalue weighted by atomic mass is 16.4. The van der Waals surface area contributed by atoms with Crippen LogP contribution in [0.2, 0.25) is 0 Å². The van der Waals surface area contributed by atoms with Gasteiger partial charge in [-0.05, 0) is 25.8 Å². The highest BCUT2D eigenvalue weighted by Crippen LogP contribution is 2.15. The molecule has 1 amide bonds. The number of nitrogens with one attached hydrogen (secondary N) is 2. The van der Waals surface area contributed by atoms with Gasteiger partial charge in [-0.25, -0.2) is 0 Å². The smallest absolute Gasteiger partial charge is 0.318 e. The van der Waals surface area contributed by atoms with Gasteiger partial charge in [0.05, 0.1) is 6.04 Å². The lowest BCUT2D eigenvalue weighted by molar-refractivity contribution is -0.119. The molecule has 0 saturated carbocycles. The molecule has 0 bridgehead atoms. The maximum Gasteiger partial charge on any atom is 0.318 e. The summed E-state index contributed by atoms with van der Waals surface area (Å²) in [5, 5.41) is 14.1. The quantitative estimate of drug-likeness (QED) is 0.715. The number of carbonyl (C=O) groups is 1. The molecule has 0 radical (unpaired) electrons. The maximum atomic E-state index is 11.8. The molecule has 0 fully saturated rings. The molecule has 0 aliphatic rings. The first kappa shape index (κ1) is 17.4. The van der Waals surface area contributed by atoms with Crippen LogP contribution in [0.3, 0.4) is 0 Å². The number of aromatic nitrogens is 2. The Morgan fingerprint density at radius 1 is 1.33 bits per heavy atom. The minimum Gasteiger partial charge on any atom is -0.406 e. The topological polar surface area (TPSA) is 83.3 Å². The van der Waals surface area contributed by atoms with E-state index in [9.17, 15) is 4.79 Å². The van der Waals surface area contributed by atoms with E-state index in [0.29, 0.717) is 24.4 Å². The van der Waals surface area contributed by atoms with E-state index in [1.807, 2.05) is 6.92 Å². The van der Waals surface area contributed by atoms with Gasteiger partial charge in [-0.1, -0.05) is 25.9 Å². The van der Waals surface area contributed by atoms with Crippen molar-refractivity contribution in [3.63, 3.8) is 0 Å². The molecule has 0 aliphatic carbocycles. The third-order valence-electron chi connectivity index (χ3n) is 2.92. The number of likely N-dealkylation sites (N-methyl/N-ethyl adjacent to an activating group) is 1. The Morgan fingerprint density at radius 3 is 2.67 bits per heavy atom. The fourth-order valence-corrected chi connectivity index (χ4v) is 1.66. The van der Waals surface area contributed by atoms with Crippen LogP contribution in [-0.2, 0) is 4.79 Å². The average molecular weight is 297 g/mol. The summed E-state index contributed by atoms with van der Waals surface area (Å²) in [6, 6.07) is 0.365. The summed E-state index contributed by atoms with van der Waals surface area (Å²) in [6.07, 6.45) is 1.04. The van der Waals surface area contributed by atoms with Crippen LogP contribution in [-0.4, -0.2) is 42.8 Å². The van der Waals surface area contributed by atoms with Crippen molar-refractivity contribution in [2.75, 3.05) is 31.6 Å². The molecule has 1 rings (SSSR count). The molecule has 1 atom stereocenters. The monoisotopic (exact) mass is 297 g/mol. The highest BCUT2D eigenvalue weighted by Gasteiger charge is 2.17. The fraction of sp³-hybridized carbons (Fsp3) is 0.786. The van der Waals surface area contributed by atoms with Gasteiger partial charge in [0.15, 0.2) is 0 Å². The minimum absolute atomic E-state index is 0.00867. The lowest BCUT2D eigenvalue weighted by Crippen LogP contribution is -2.37. The third-order valence-corrected chi connectivity index (χ3v) is 2.92. The molecule has 1 aromatic rings. The second-order valence-corrected chi connectivity index (χ2v) is 5.65. The zero-order valence-corrected chi connectivity index (χ0v) is 13.6. The SMILES string of the molecule is CCCNC(C)c1nnc(N(C)CC(=O)NCC(C)C)o1. The summed E-state index contributed by atoms with van der Waals surface area (Å²) < 4.78 is 5.59. The number of nitrogens with zero attached hydrogens (tertiary/aromatic N) is 3. The maximum absolute atomic E-state index is 11.8. The first-order chi connectivity index (χ1) is 9.93. The van der Waals surface area contributed by atoms with E-state index in [1.54, 1.807) is 11.9 Å². The van der Waals surface area contributed by atoms with Gasteiger partial charge in [0.25, 0.3) is 0 Å². The third kappa shape index (κ3) is 6.12. The van der Waals surface area contributed by atoms with Gasteiger partial charge in [0, 0.05) is 13.6 Å². The summed E-state index contributed by atoms with van der Waals surface area (Å²) >= 11 is 0. The van der Waals surface area contributed by atoms with Crippen LogP contribution in [0.15, 0.2) is 4.42 Å². The predicted molar refractivity (Wildman–Crippen MR) is 82.1 cm³/mol. The standard InChI is InChI=1S/C14H27N5O2/c1-6-7-15-11(4)13-17-18-14(21-13)19(5)9-12(20)16-8-10(2)3/h10-11,15H,6-9H2,1-5H3,(H,16,20). The van der Waals surface area contributed by atoms with E-state index in [-0.39, 0.29) is 18.5 Å². The van der Waals surface area contributed by atoms with Gasteiger partial charge in [-0.15, -0.1) is 5.10 Å². The largest absolute Gasteiger partial charge is 0.406 e. The lowest BCUT2D eigenvalue weighted by Gasteiger charge is -2.14. The van der Waals surface area contributed by atoms with Crippen molar-refractivity contribution in [1.29, 1.82) is 0 Å². The second-order valence-electron chi connectivity index (χ2n) is 5.65. The molecule has 0 spiro atoms. The van der Waals surface area contributed by atoms with Crippen molar-refractivity contribution in [3.8, 4) is 0 Å². The average Bonchev–Trinajstić information content (AvgIpc) is 2.92. The summed E-state index contributed by atoms with van der Waals surface area (Å²) in [5.41, 5.74) is 0. The zero-order chi connectivity index (χ0) is 15.8. The number of hydrogen-bond acceptors (Lipinski definition) is 6. The van der Waals surface area contributed by atoms with Crippen molar-refractivity contribution >= 4 is 11.9 Å². The number of amides is 1. The number of rotatable bonds is 9. The Morgan fingerprint density at radius 2 is 2.05 bits per heavy atom. The Bertz CT molecular complexity index is 433. The summed E-state index contributed by atoms with van der Waals surface area (Å²) in [6.45, 7) is 9.94. The van der Waals surface area contributed by atoms with Crippen LogP contribution in [0.1, 0.15) is 46.0 Å². The van der Waals surface area contributed by atoms with Crippen LogP contribution in [0.25, 0.3) is 0 Å². The Kier molecular flexibility index (Phi) is 7.14. The summed E-state index contributed by atoms with van der Waals surface area (Å²) in [7, 11) is 1.76. The molecule has 2 N–H and O–H groups in total. The molecule has 120 valence electrons. The Labute approximate surface area is 126 Å². The van der Waals surface area contributed by atoms with Crippen LogP contribution in [0.5, 0.6) is 0 Å². The molecular formula is C14H27N5O2. The molecule has 1 aromatic heterocycles. The number of hydrogen-bond donors (Lipinski definition) is 2. The molecule has 0 aromatic carbocycles. The van der Waals surface area contributed by atoms with E-state index in [1.165, 1.54) is 0 Å². The van der Waals surface area contributed by atoms with Crippen molar-refractivity contribution in [1.82, 2.24) is 20.8 Å². The minimum atomic E-state index is -0.0527. The van der Waals surface area contributed by atoms with Gasteiger partial charge >= 0.3 is 6.01 Å². The van der Waals surface area contributed by atoms with Gasteiger partial charge in [0.2, 0.25) is 11.8 Å². The predicted octanol–water partition coefficient (Wildman–Crippen LogP) is 1.34. The van der Waals surface area contributed by atoms with E-state index >= 15 is 0 Å². The molecule has 7 heteroatoms. The van der Waals surface area contributed by atoms with E-state index in [2.05, 4.69) is 41.6 Å². The Hall–Kier alpha value is -1.63.